The number of hydrogen-bond acceptors (Lipinski definition) is 8. The van der Waals surface area contributed by atoms with Crippen LogP contribution in [0.5, 0.6) is 11.5 Å². The van der Waals surface area contributed by atoms with Crippen molar-refractivity contribution < 1.29 is 23.8 Å². The van der Waals surface area contributed by atoms with E-state index in [1.165, 1.54) is 19.5 Å². The molecule has 36 heavy (non-hydrogen) atoms. The highest BCUT2D eigenvalue weighted by Gasteiger charge is 2.24. The number of esters is 1. The maximum atomic E-state index is 12.6. The number of nitrogens with one attached hydrogen (secondary N) is 1. The van der Waals surface area contributed by atoms with Gasteiger partial charge in [0.1, 0.15) is 6.10 Å². The molecule has 188 valence electrons. The van der Waals surface area contributed by atoms with Crippen molar-refractivity contribution in [1.82, 2.24) is 15.3 Å². The normalized spacial score (nSPS) is 15.2. The third-order valence-electron chi connectivity index (χ3n) is 5.81. The second kappa shape index (κ2) is 12.0. The number of ether oxygens (including phenoxy) is 3. The number of hydrogen-bond donors (Lipinski definition) is 1. The summed E-state index contributed by atoms with van der Waals surface area (Å²) in [5.41, 5.74) is 1.58. The summed E-state index contributed by atoms with van der Waals surface area (Å²) in [6.07, 6.45) is 4.90. The van der Waals surface area contributed by atoms with Gasteiger partial charge in [-0.2, -0.15) is 0 Å². The fourth-order valence-electron chi connectivity index (χ4n) is 4.03. The van der Waals surface area contributed by atoms with Crippen LogP contribution in [0.4, 0.5) is 5.95 Å². The van der Waals surface area contributed by atoms with Gasteiger partial charge in [0.05, 0.1) is 31.4 Å². The number of rotatable bonds is 9. The largest absolute Gasteiger partial charge is 0.490 e. The quantitative estimate of drug-likeness (QED) is 0.454. The average molecular weight is 491 g/mol. The van der Waals surface area contributed by atoms with Gasteiger partial charge in [-0.1, -0.05) is 24.3 Å². The lowest BCUT2D eigenvalue weighted by Gasteiger charge is -2.33. The van der Waals surface area contributed by atoms with Crippen molar-refractivity contribution >= 4 is 17.8 Å². The smallest absolute Gasteiger partial charge is 0.337 e. The Morgan fingerprint density at radius 3 is 2.58 bits per heavy atom. The van der Waals surface area contributed by atoms with E-state index in [-0.39, 0.29) is 18.6 Å². The zero-order valence-corrected chi connectivity index (χ0v) is 20.5. The number of carbonyl (C=O) groups excluding carboxylic acids is 2. The number of amides is 1. The number of nitrogens with zero attached hydrogens (tertiary/aromatic N) is 3. The Morgan fingerprint density at radius 1 is 1.06 bits per heavy atom. The molecule has 0 radical (unpaired) electrons. The van der Waals surface area contributed by atoms with Crippen LogP contribution in [0, 0.1) is 0 Å². The lowest BCUT2D eigenvalue weighted by Crippen LogP contribution is -2.42. The van der Waals surface area contributed by atoms with Gasteiger partial charge >= 0.3 is 5.97 Å². The van der Waals surface area contributed by atoms with Crippen LogP contribution >= 0.6 is 0 Å². The number of piperidine rings is 1. The summed E-state index contributed by atoms with van der Waals surface area (Å²) >= 11 is 0. The Labute approximate surface area is 210 Å². The Hall–Kier alpha value is -4.14. The Kier molecular flexibility index (Phi) is 8.33. The molecule has 1 fully saturated rings. The zero-order valence-electron chi connectivity index (χ0n) is 20.5. The zero-order chi connectivity index (χ0) is 25.3. The highest BCUT2D eigenvalue weighted by atomic mass is 16.5. The Morgan fingerprint density at radius 2 is 1.83 bits per heavy atom. The standard InChI is InChI=1S/C27H30N4O5/c1-3-35-23-11-4-5-12-24(23)36-22-10-7-13-31(18-22)27-29-16-21(17-30-27)25(32)28-15-19-8-6-9-20(14-19)26(33)34-2/h4-6,8-9,11-12,14,16-17,22H,3,7,10,13,15,18H2,1-2H3,(H,28,32). The highest BCUT2D eigenvalue weighted by molar-refractivity contribution is 5.93. The van der Waals surface area contributed by atoms with Crippen LogP contribution in [0.2, 0.25) is 0 Å². The minimum atomic E-state index is -0.420. The molecule has 1 atom stereocenters. The number of benzene rings is 2. The van der Waals surface area contributed by atoms with E-state index in [4.69, 9.17) is 14.2 Å². The van der Waals surface area contributed by atoms with Crippen molar-refractivity contribution in [2.24, 2.45) is 0 Å². The van der Waals surface area contributed by atoms with Crippen molar-refractivity contribution in [2.75, 3.05) is 31.7 Å². The second-order valence-corrected chi connectivity index (χ2v) is 8.35. The van der Waals surface area contributed by atoms with Gasteiger partial charge < -0.3 is 24.4 Å². The van der Waals surface area contributed by atoms with Crippen molar-refractivity contribution in [2.45, 2.75) is 32.4 Å². The van der Waals surface area contributed by atoms with Gasteiger partial charge in [0.15, 0.2) is 11.5 Å². The third-order valence-corrected chi connectivity index (χ3v) is 5.81. The molecule has 1 saturated heterocycles. The molecule has 1 unspecified atom stereocenters. The molecular weight excluding hydrogens is 460 g/mol. The molecule has 0 aliphatic carbocycles. The molecular formula is C27H30N4O5. The summed E-state index contributed by atoms with van der Waals surface area (Å²) in [5.74, 6) is 1.31. The summed E-state index contributed by atoms with van der Waals surface area (Å²) in [6.45, 7) is 4.24. The SMILES string of the molecule is CCOc1ccccc1OC1CCCN(c2ncc(C(=O)NCc3cccc(C(=O)OC)c3)cn2)C1. The Balaban J connectivity index is 1.34. The second-order valence-electron chi connectivity index (χ2n) is 8.35. The average Bonchev–Trinajstić information content (AvgIpc) is 2.93. The third kappa shape index (κ3) is 6.29. The summed E-state index contributed by atoms with van der Waals surface area (Å²) in [5, 5.41) is 2.83. The number of methoxy groups -OCH3 is 1. The molecule has 2 aromatic carbocycles. The first-order valence-corrected chi connectivity index (χ1v) is 12.0. The summed E-state index contributed by atoms with van der Waals surface area (Å²) in [6, 6.07) is 14.6. The number of aromatic nitrogens is 2. The summed E-state index contributed by atoms with van der Waals surface area (Å²) in [7, 11) is 1.33. The first kappa shape index (κ1) is 25.0. The van der Waals surface area contributed by atoms with Crippen LogP contribution < -0.4 is 19.7 Å². The minimum Gasteiger partial charge on any atom is -0.490 e. The fourth-order valence-corrected chi connectivity index (χ4v) is 4.03. The van der Waals surface area contributed by atoms with E-state index in [0.717, 1.165) is 36.4 Å². The van der Waals surface area contributed by atoms with Crippen molar-refractivity contribution in [3.63, 3.8) is 0 Å². The molecule has 9 heteroatoms. The lowest BCUT2D eigenvalue weighted by molar-refractivity contribution is 0.0600. The molecule has 1 aliphatic heterocycles. The molecule has 1 aliphatic rings. The predicted molar refractivity (Wildman–Crippen MR) is 134 cm³/mol. The molecule has 1 aromatic heterocycles. The van der Waals surface area contributed by atoms with Crippen LogP contribution in [-0.4, -0.2) is 54.8 Å². The number of para-hydroxylation sites is 2. The van der Waals surface area contributed by atoms with E-state index >= 15 is 0 Å². The van der Waals surface area contributed by atoms with Gasteiger partial charge in [0.25, 0.3) is 5.91 Å². The number of carbonyl (C=O) groups is 2. The van der Waals surface area contributed by atoms with Crippen LogP contribution in [-0.2, 0) is 11.3 Å². The van der Waals surface area contributed by atoms with E-state index in [0.29, 0.717) is 30.2 Å². The lowest BCUT2D eigenvalue weighted by atomic mass is 10.1. The van der Waals surface area contributed by atoms with Crippen LogP contribution in [0.15, 0.2) is 60.9 Å². The topological polar surface area (TPSA) is 103 Å². The van der Waals surface area contributed by atoms with Crippen molar-refractivity contribution in [3.05, 3.63) is 77.6 Å². The van der Waals surface area contributed by atoms with Gasteiger partial charge in [0.2, 0.25) is 5.95 Å². The first-order valence-electron chi connectivity index (χ1n) is 12.0. The van der Waals surface area contributed by atoms with Crippen LogP contribution in [0.3, 0.4) is 0 Å². The molecule has 9 nitrogen and oxygen atoms in total. The van der Waals surface area contributed by atoms with E-state index in [1.807, 2.05) is 37.3 Å². The van der Waals surface area contributed by atoms with E-state index in [2.05, 4.69) is 20.2 Å². The van der Waals surface area contributed by atoms with E-state index in [9.17, 15) is 9.59 Å². The number of anilines is 1. The molecule has 1 amide bonds. The Bertz CT molecular complexity index is 1180. The molecule has 2 heterocycles. The molecule has 0 spiro atoms. The first-order chi connectivity index (χ1) is 17.6. The van der Waals surface area contributed by atoms with Crippen LogP contribution in [0.1, 0.15) is 46.0 Å². The minimum absolute atomic E-state index is 0.0207. The van der Waals surface area contributed by atoms with Crippen LogP contribution in [0.25, 0.3) is 0 Å². The molecule has 3 aromatic rings. The van der Waals surface area contributed by atoms with Crippen molar-refractivity contribution in [3.8, 4) is 11.5 Å². The predicted octanol–water partition coefficient (Wildman–Crippen LogP) is 3.64. The summed E-state index contributed by atoms with van der Waals surface area (Å²) in [4.78, 5) is 35.2. The highest BCUT2D eigenvalue weighted by Crippen LogP contribution is 2.29. The molecule has 0 bridgehead atoms. The summed E-state index contributed by atoms with van der Waals surface area (Å²) < 4.78 is 16.7. The van der Waals surface area contributed by atoms with Gasteiger partial charge in [0, 0.05) is 25.5 Å². The monoisotopic (exact) mass is 490 g/mol. The maximum Gasteiger partial charge on any atom is 0.337 e. The molecule has 4 rings (SSSR count). The van der Waals surface area contributed by atoms with Gasteiger partial charge in [-0.25, -0.2) is 14.8 Å². The molecule has 1 N–H and O–H groups in total. The van der Waals surface area contributed by atoms with Gasteiger partial charge in [-0.05, 0) is 49.6 Å². The fraction of sp³-hybridized carbons (Fsp3) is 0.333. The van der Waals surface area contributed by atoms with Crippen molar-refractivity contribution in [1.29, 1.82) is 0 Å². The van der Waals surface area contributed by atoms with E-state index in [1.54, 1.807) is 18.2 Å². The van der Waals surface area contributed by atoms with Gasteiger partial charge in [-0.3, -0.25) is 4.79 Å². The molecule has 0 saturated carbocycles. The maximum absolute atomic E-state index is 12.6. The van der Waals surface area contributed by atoms with E-state index < -0.39 is 5.97 Å². The van der Waals surface area contributed by atoms with Gasteiger partial charge in [-0.15, -0.1) is 0 Å².